The third-order valence-corrected chi connectivity index (χ3v) is 4.83. The molecular weight excluding hydrogens is 422 g/mol. The summed E-state index contributed by atoms with van der Waals surface area (Å²) in [7, 11) is 0. The molecule has 0 saturated heterocycles. The van der Waals surface area contributed by atoms with Gasteiger partial charge in [0.15, 0.2) is 5.79 Å². The fourth-order valence-corrected chi connectivity index (χ4v) is 3.29. The van der Waals surface area contributed by atoms with Crippen molar-refractivity contribution in [2.24, 2.45) is 0 Å². The van der Waals surface area contributed by atoms with Crippen LogP contribution in [0.15, 0.2) is 65.6 Å². The van der Waals surface area contributed by atoms with Gasteiger partial charge in [-0.2, -0.15) is 0 Å². The molecule has 0 bridgehead atoms. The van der Waals surface area contributed by atoms with Crippen LogP contribution in [0.4, 0.5) is 4.79 Å². The second-order valence-electron chi connectivity index (χ2n) is 7.32. The Labute approximate surface area is 198 Å². The molecule has 0 aliphatic heterocycles. The van der Waals surface area contributed by atoms with E-state index < -0.39 is 11.9 Å². The smallest absolute Gasteiger partial charge is 0.407 e. The molecule has 2 rings (SSSR count). The third-order valence-electron chi connectivity index (χ3n) is 3.65. The lowest BCUT2D eigenvalue weighted by molar-refractivity contribution is -0.176. The number of benzene rings is 2. The Bertz CT molecular complexity index is 690. The van der Waals surface area contributed by atoms with Gasteiger partial charge >= 0.3 is 6.09 Å². The minimum absolute atomic E-state index is 0.138. The van der Waals surface area contributed by atoms with E-state index in [1.54, 1.807) is 25.6 Å². The molecule has 0 fully saturated rings. The highest BCUT2D eigenvalue weighted by molar-refractivity contribution is 7.99. The lowest BCUT2D eigenvalue weighted by Gasteiger charge is -2.22. The quantitative estimate of drug-likeness (QED) is 0.305. The number of alkyl carbamates (subject to hydrolysis) is 1. The summed E-state index contributed by atoms with van der Waals surface area (Å²) < 4.78 is 10.7. The van der Waals surface area contributed by atoms with Crippen LogP contribution in [0.3, 0.4) is 0 Å². The molecule has 0 radical (unpaired) electrons. The molecule has 0 aliphatic rings. The molecule has 0 saturated carbocycles. The summed E-state index contributed by atoms with van der Waals surface area (Å²) in [6.45, 7) is 12.0. The molecule has 0 aliphatic carbocycles. The molecule has 1 amide bonds. The molecule has 1 atom stereocenters. The molecule has 2 N–H and O–H groups in total. The van der Waals surface area contributed by atoms with Crippen LogP contribution in [0, 0.1) is 0 Å². The van der Waals surface area contributed by atoms with Crippen molar-refractivity contribution in [1.82, 2.24) is 5.32 Å². The number of rotatable bonds is 10. The highest BCUT2D eigenvalue weighted by atomic mass is 32.2. The van der Waals surface area contributed by atoms with E-state index in [-0.39, 0.29) is 12.6 Å². The average Bonchev–Trinajstić information content (AvgIpc) is 2.78. The maximum atomic E-state index is 12.2. The monoisotopic (exact) mass is 463 g/mol. The molecule has 0 spiro atoms. The van der Waals surface area contributed by atoms with Gasteiger partial charge in [0, 0.05) is 16.7 Å². The van der Waals surface area contributed by atoms with Crippen LogP contribution in [0.2, 0.25) is 0 Å². The van der Waals surface area contributed by atoms with Crippen molar-refractivity contribution >= 4 is 17.9 Å². The van der Waals surface area contributed by atoms with E-state index in [4.69, 9.17) is 9.47 Å². The number of thioether (sulfide) groups is 1. The SMILES string of the molecule is CC.CC(C)(O)OCCC(CSc1ccccc1)NC(=O)OCc1ccccc1.CCC. The Kier molecular flexibility index (Phi) is 17.4. The number of hydrogen-bond donors (Lipinski definition) is 2. The average molecular weight is 464 g/mol. The second-order valence-corrected chi connectivity index (χ2v) is 8.41. The molecule has 5 nitrogen and oxygen atoms in total. The summed E-state index contributed by atoms with van der Waals surface area (Å²) in [5, 5.41) is 12.6. The largest absolute Gasteiger partial charge is 0.445 e. The van der Waals surface area contributed by atoms with Gasteiger partial charge in [0.2, 0.25) is 0 Å². The molecule has 2 aromatic carbocycles. The molecule has 6 heteroatoms. The van der Waals surface area contributed by atoms with Gasteiger partial charge in [-0.15, -0.1) is 11.8 Å². The maximum Gasteiger partial charge on any atom is 0.407 e. The van der Waals surface area contributed by atoms with E-state index in [1.165, 1.54) is 6.42 Å². The first-order chi connectivity index (χ1) is 15.3. The zero-order chi connectivity index (χ0) is 24.2. The van der Waals surface area contributed by atoms with E-state index >= 15 is 0 Å². The van der Waals surface area contributed by atoms with Crippen molar-refractivity contribution in [1.29, 1.82) is 0 Å². The number of amides is 1. The predicted molar refractivity (Wildman–Crippen MR) is 135 cm³/mol. The zero-order valence-corrected chi connectivity index (χ0v) is 21.3. The van der Waals surface area contributed by atoms with Gasteiger partial charge in [0.1, 0.15) is 6.61 Å². The predicted octanol–water partition coefficient (Wildman–Crippen LogP) is 6.65. The summed E-state index contributed by atoms with van der Waals surface area (Å²) in [5.74, 6) is -0.509. The molecule has 32 heavy (non-hydrogen) atoms. The van der Waals surface area contributed by atoms with Crippen molar-refractivity contribution in [3.63, 3.8) is 0 Å². The second kappa shape index (κ2) is 18.5. The van der Waals surface area contributed by atoms with Crippen molar-refractivity contribution in [3.05, 3.63) is 66.2 Å². The summed E-state index contributed by atoms with van der Waals surface area (Å²) in [6, 6.07) is 19.4. The molecule has 2 aromatic rings. The van der Waals surface area contributed by atoms with Crippen LogP contribution in [0.1, 0.15) is 59.9 Å². The molecule has 1 unspecified atom stereocenters. The Morgan fingerprint density at radius 2 is 1.56 bits per heavy atom. The van der Waals surface area contributed by atoms with Crippen LogP contribution in [-0.4, -0.2) is 35.4 Å². The topological polar surface area (TPSA) is 67.8 Å². The van der Waals surface area contributed by atoms with Crippen molar-refractivity contribution < 1.29 is 19.4 Å². The number of ether oxygens (including phenoxy) is 2. The summed E-state index contributed by atoms with van der Waals surface area (Å²) in [6.07, 6.45) is 1.37. The standard InChI is InChI=1S/C21H27NO4S.C3H8.C2H6/c1-21(2,24)26-14-13-18(16-27-19-11-7-4-8-12-19)22-20(23)25-15-17-9-5-3-6-10-17;1-3-2;1-2/h3-12,18,24H,13-16H2,1-2H3,(H,22,23);3H2,1-2H3;1-2H3. The van der Waals surface area contributed by atoms with Gasteiger partial charge in [-0.05, 0) is 38.0 Å². The first-order valence-corrected chi connectivity index (χ1v) is 12.3. The van der Waals surface area contributed by atoms with Crippen molar-refractivity contribution in [3.8, 4) is 0 Å². The minimum Gasteiger partial charge on any atom is -0.445 e. The number of carbonyl (C=O) groups is 1. The highest BCUT2D eigenvalue weighted by Crippen LogP contribution is 2.19. The van der Waals surface area contributed by atoms with Gasteiger partial charge in [0.05, 0.1) is 6.61 Å². The highest BCUT2D eigenvalue weighted by Gasteiger charge is 2.17. The van der Waals surface area contributed by atoms with Crippen LogP contribution >= 0.6 is 11.8 Å². The fraction of sp³-hybridized carbons (Fsp3) is 0.500. The van der Waals surface area contributed by atoms with Gasteiger partial charge in [-0.3, -0.25) is 0 Å². The molecular formula is C26H41NO4S. The Morgan fingerprint density at radius 1 is 1.03 bits per heavy atom. The summed E-state index contributed by atoms with van der Waals surface area (Å²) in [5.41, 5.74) is 0.938. The fourth-order valence-electron chi connectivity index (χ4n) is 2.29. The van der Waals surface area contributed by atoms with Crippen molar-refractivity contribution in [2.75, 3.05) is 12.4 Å². The Morgan fingerprint density at radius 3 is 2.09 bits per heavy atom. The number of carbonyl (C=O) groups excluding carboxylic acids is 1. The number of nitrogens with one attached hydrogen (secondary N) is 1. The molecule has 0 heterocycles. The third kappa shape index (κ3) is 16.6. The van der Waals surface area contributed by atoms with E-state index in [1.807, 2.05) is 74.5 Å². The lowest BCUT2D eigenvalue weighted by atomic mass is 10.2. The minimum atomic E-state index is -1.19. The molecule has 0 aromatic heterocycles. The van der Waals surface area contributed by atoms with Gasteiger partial charge in [-0.1, -0.05) is 82.6 Å². The molecule has 180 valence electrons. The van der Waals surface area contributed by atoms with E-state index in [0.29, 0.717) is 18.8 Å². The van der Waals surface area contributed by atoms with Crippen LogP contribution in [0.25, 0.3) is 0 Å². The number of aliphatic hydroxyl groups is 1. The lowest BCUT2D eigenvalue weighted by Crippen LogP contribution is -2.38. The first kappa shape index (κ1) is 30.0. The summed E-state index contributed by atoms with van der Waals surface area (Å²) >= 11 is 1.65. The van der Waals surface area contributed by atoms with E-state index in [9.17, 15) is 9.90 Å². The van der Waals surface area contributed by atoms with Crippen molar-refractivity contribution in [2.45, 2.75) is 77.7 Å². The zero-order valence-electron chi connectivity index (χ0n) is 20.5. The van der Waals surface area contributed by atoms with Gasteiger partial charge < -0.3 is 19.9 Å². The van der Waals surface area contributed by atoms with Crippen LogP contribution < -0.4 is 5.32 Å². The normalized spacial score (nSPS) is 11.2. The van der Waals surface area contributed by atoms with Crippen LogP contribution in [0.5, 0.6) is 0 Å². The van der Waals surface area contributed by atoms with E-state index in [2.05, 4.69) is 19.2 Å². The van der Waals surface area contributed by atoms with Gasteiger partial charge in [0.25, 0.3) is 0 Å². The number of hydrogen-bond acceptors (Lipinski definition) is 5. The first-order valence-electron chi connectivity index (χ1n) is 11.4. The maximum absolute atomic E-state index is 12.2. The Hall–Kier alpha value is -2.02. The summed E-state index contributed by atoms with van der Waals surface area (Å²) in [4.78, 5) is 13.3. The van der Waals surface area contributed by atoms with Gasteiger partial charge in [-0.25, -0.2) is 4.79 Å². The van der Waals surface area contributed by atoms with E-state index in [0.717, 1.165) is 10.5 Å². The Balaban J connectivity index is 0.00000177. The van der Waals surface area contributed by atoms with Crippen LogP contribution in [-0.2, 0) is 16.1 Å².